The van der Waals surface area contributed by atoms with Crippen LogP contribution in [0.25, 0.3) is 0 Å². The molecule has 0 bridgehead atoms. The molecule has 2 aromatic carbocycles. The first-order chi connectivity index (χ1) is 16.8. The van der Waals surface area contributed by atoms with Crippen molar-refractivity contribution in [1.29, 1.82) is 0 Å². The molecule has 1 atom stereocenters. The van der Waals surface area contributed by atoms with Crippen LogP contribution < -0.4 is 16.0 Å². The van der Waals surface area contributed by atoms with Crippen LogP contribution in [0, 0.1) is 5.82 Å². The Hall–Kier alpha value is -3.82. The number of hydrogen-bond acceptors (Lipinski definition) is 6. The van der Waals surface area contributed by atoms with Crippen molar-refractivity contribution in [2.24, 2.45) is 0 Å². The number of anilines is 2. The number of aliphatic hydroxyl groups excluding tert-OH is 1. The van der Waals surface area contributed by atoms with Crippen LogP contribution in [0.5, 0.6) is 0 Å². The molecule has 0 radical (unpaired) electrons. The van der Waals surface area contributed by atoms with E-state index in [4.69, 9.17) is 0 Å². The number of benzene rings is 2. The largest absolute Gasteiger partial charge is 0.384 e. The fourth-order valence-corrected chi connectivity index (χ4v) is 3.39. The van der Waals surface area contributed by atoms with Crippen molar-refractivity contribution in [3.05, 3.63) is 89.4 Å². The summed E-state index contributed by atoms with van der Waals surface area (Å²) in [4.78, 5) is 30.6. The van der Waals surface area contributed by atoms with Crippen LogP contribution in [0.2, 0.25) is 0 Å². The van der Waals surface area contributed by atoms with Crippen molar-refractivity contribution in [2.75, 3.05) is 37.8 Å². The number of urea groups is 1. The number of rotatable bonds is 10. The molecule has 4 N–H and O–H groups in total. The Labute approximate surface area is 204 Å². The van der Waals surface area contributed by atoms with Gasteiger partial charge in [0.2, 0.25) is 5.91 Å². The summed E-state index contributed by atoms with van der Waals surface area (Å²) in [6.45, 7) is 1.75. The number of hydrogen-bond donors (Lipinski definition) is 4. The van der Waals surface area contributed by atoms with Gasteiger partial charge in [0, 0.05) is 18.4 Å². The molecule has 0 aliphatic carbocycles. The Kier molecular flexibility index (Phi) is 9.28. The van der Waals surface area contributed by atoms with Gasteiger partial charge in [-0.25, -0.2) is 14.2 Å². The average molecular weight is 480 g/mol. The van der Waals surface area contributed by atoms with Crippen molar-refractivity contribution in [3.63, 3.8) is 0 Å². The van der Waals surface area contributed by atoms with Gasteiger partial charge in [-0.3, -0.25) is 10.1 Å². The van der Waals surface area contributed by atoms with E-state index in [1.54, 1.807) is 36.5 Å². The number of carbonyl (C=O) groups is 2. The Morgan fingerprint density at radius 2 is 1.74 bits per heavy atom. The van der Waals surface area contributed by atoms with E-state index < -0.39 is 23.9 Å². The topological polar surface area (TPSA) is 107 Å². The molecular formula is C26H30FN5O3. The smallest absolute Gasteiger partial charge is 0.325 e. The maximum atomic E-state index is 13.0. The van der Waals surface area contributed by atoms with Gasteiger partial charge < -0.3 is 20.6 Å². The first kappa shape index (κ1) is 25.8. The monoisotopic (exact) mass is 479 g/mol. The number of aromatic nitrogens is 1. The lowest BCUT2D eigenvalue weighted by atomic mass is 10.0. The first-order valence-electron chi connectivity index (χ1n) is 11.3. The van der Waals surface area contributed by atoms with Gasteiger partial charge in [0.1, 0.15) is 17.7 Å². The SMILES string of the molecule is CN(C)CCCNc1cc(C(O)c2ccc(NC(=O)NC(=O)Cc3ccc(F)cc3)cc2)ccn1. The summed E-state index contributed by atoms with van der Waals surface area (Å²) < 4.78 is 13.0. The Bertz CT molecular complexity index is 1120. The molecule has 0 aliphatic heterocycles. The van der Waals surface area contributed by atoms with Gasteiger partial charge in [-0.05, 0) is 80.1 Å². The van der Waals surface area contributed by atoms with E-state index in [-0.39, 0.29) is 6.42 Å². The minimum atomic E-state index is -0.861. The van der Waals surface area contributed by atoms with Crippen LogP contribution in [0.15, 0.2) is 66.9 Å². The fraction of sp³-hybridized carbons (Fsp3) is 0.269. The zero-order valence-electron chi connectivity index (χ0n) is 19.8. The minimum Gasteiger partial charge on any atom is -0.384 e. The molecule has 8 nitrogen and oxygen atoms in total. The number of nitrogens with zero attached hydrogens (tertiary/aromatic N) is 2. The quantitative estimate of drug-likeness (QED) is 0.332. The normalized spacial score (nSPS) is 11.7. The van der Waals surface area contributed by atoms with Gasteiger partial charge >= 0.3 is 6.03 Å². The van der Waals surface area contributed by atoms with E-state index in [2.05, 4.69) is 25.8 Å². The third-order valence-corrected chi connectivity index (χ3v) is 5.20. The van der Waals surface area contributed by atoms with Crippen molar-refractivity contribution in [3.8, 4) is 0 Å². The standard InChI is InChI=1S/C26H30FN5O3/c1-32(2)15-3-13-28-23-17-20(12-14-29-23)25(34)19-6-10-22(11-7-19)30-26(35)31-24(33)16-18-4-8-21(27)9-5-18/h4-12,14,17,25,34H,3,13,15-16H2,1-2H3,(H,28,29)(H2,30,31,33,35). The van der Waals surface area contributed by atoms with Crippen LogP contribution in [0.1, 0.15) is 29.2 Å². The van der Waals surface area contributed by atoms with E-state index in [0.29, 0.717) is 28.2 Å². The highest BCUT2D eigenvalue weighted by molar-refractivity contribution is 6.01. The summed E-state index contributed by atoms with van der Waals surface area (Å²) >= 11 is 0. The fourth-order valence-electron chi connectivity index (χ4n) is 3.39. The molecule has 3 amide bonds. The van der Waals surface area contributed by atoms with E-state index in [1.165, 1.54) is 24.3 Å². The van der Waals surface area contributed by atoms with Gasteiger partial charge in [-0.2, -0.15) is 0 Å². The summed E-state index contributed by atoms with van der Waals surface area (Å²) in [5.41, 5.74) is 2.40. The average Bonchev–Trinajstić information content (AvgIpc) is 2.83. The predicted octanol–water partition coefficient (Wildman–Crippen LogP) is 3.56. The molecule has 3 aromatic rings. The van der Waals surface area contributed by atoms with Crippen LogP contribution in [0.3, 0.4) is 0 Å². The van der Waals surface area contributed by atoms with Gasteiger partial charge in [0.25, 0.3) is 0 Å². The Morgan fingerprint density at radius 3 is 2.43 bits per heavy atom. The summed E-state index contributed by atoms with van der Waals surface area (Å²) in [5, 5.41) is 18.9. The highest BCUT2D eigenvalue weighted by atomic mass is 19.1. The van der Waals surface area contributed by atoms with Gasteiger partial charge in [-0.1, -0.05) is 24.3 Å². The van der Waals surface area contributed by atoms with Crippen molar-refractivity contribution in [1.82, 2.24) is 15.2 Å². The number of pyridine rings is 1. The van der Waals surface area contributed by atoms with Crippen molar-refractivity contribution < 1.29 is 19.1 Å². The summed E-state index contributed by atoms with van der Waals surface area (Å²) in [6, 6.07) is 15.1. The highest BCUT2D eigenvalue weighted by Gasteiger charge is 2.13. The second-order valence-electron chi connectivity index (χ2n) is 8.39. The van der Waals surface area contributed by atoms with E-state index >= 15 is 0 Å². The molecule has 9 heteroatoms. The molecule has 1 heterocycles. The lowest BCUT2D eigenvalue weighted by Crippen LogP contribution is -2.35. The predicted molar refractivity (Wildman–Crippen MR) is 134 cm³/mol. The summed E-state index contributed by atoms with van der Waals surface area (Å²) in [6.07, 6.45) is 1.72. The lowest BCUT2D eigenvalue weighted by molar-refractivity contribution is -0.119. The lowest BCUT2D eigenvalue weighted by Gasteiger charge is -2.14. The number of aliphatic hydroxyl groups is 1. The first-order valence-corrected chi connectivity index (χ1v) is 11.3. The molecule has 184 valence electrons. The molecule has 0 spiro atoms. The number of imide groups is 1. The van der Waals surface area contributed by atoms with E-state index in [9.17, 15) is 19.1 Å². The maximum Gasteiger partial charge on any atom is 0.325 e. The van der Waals surface area contributed by atoms with Crippen LogP contribution >= 0.6 is 0 Å². The number of halogens is 1. The second-order valence-corrected chi connectivity index (χ2v) is 8.39. The third kappa shape index (κ3) is 8.47. The van der Waals surface area contributed by atoms with Crippen molar-refractivity contribution >= 4 is 23.4 Å². The molecule has 1 unspecified atom stereocenters. The van der Waals surface area contributed by atoms with Crippen LogP contribution in [-0.2, 0) is 11.2 Å². The highest BCUT2D eigenvalue weighted by Crippen LogP contribution is 2.24. The van der Waals surface area contributed by atoms with Crippen LogP contribution in [-0.4, -0.2) is 54.1 Å². The zero-order chi connectivity index (χ0) is 25.2. The van der Waals surface area contributed by atoms with Crippen LogP contribution in [0.4, 0.5) is 20.7 Å². The summed E-state index contributed by atoms with van der Waals surface area (Å²) in [5.74, 6) is -0.206. The molecular weight excluding hydrogens is 449 g/mol. The Morgan fingerprint density at radius 1 is 1.03 bits per heavy atom. The molecule has 0 fully saturated rings. The molecule has 3 rings (SSSR count). The number of carbonyl (C=O) groups excluding carboxylic acids is 2. The molecule has 0 saturated carbocycles. The maximum absolute atomic E-state index is 13.0. The molecule has 35 heavy (non-hydrogen) atoms. The van der Waals surface area contributed by atoms with Gasteiger partial charge in [0.05, 0.1) is 6.42 Å². The number of nitrogens with one attached hydrogen (secondary N) is 3. The van der Waals surface area contributed by atoms with Gasteiger partial charge in [-0.15, -0.1) is 0 Å². The second kappa shape index (κ2) is 12.6. The van der Waals surface area contributed by atoms with E-state index in [0.717, 1.165) is 19.5 Å². The van der Waals surface area contributed by atoms with E-state index in [1.807, 2.05) is 20.2 Å². The molecule has 0 aliphatic rings. The van der Waals surface area contributed by atoms with Crippen molar-refractivity contribution in [2.45, 2.75) is 18.9 Å². The zero-order valence-corrected chi connectivity index (χ0v) is 19.8. The number of amides is 3. The molecule has 0 saturated heterocycles. The minimum absolute atomic E-state index is 0.0444. The third-order valence-electron chi connectivity index (χ3n) is 5.20. The summed E-state index contributed by atoms with van der Waals surface area (Å²) in [7, 11) is 4.05. The molecule has 1 aromatic heterocycles. The Balaban J connectivity index is 1.51. The van der Waals surface area contributed by atoms with Gasteiger partial charge in [0.15, 0.2) is 0 Å².